The Morgan fingerprint density at radius 1 is 1.00 bits per heavy atom. The van der Waals surface area contributed by atoms with Gasteiger partial charge in [-0.3, -0.25) is 4.79 Å². The minimum Gasteiger partial charge on any atom is -0.352 e. The molecular weight excluding hydrogens is 322 g/mol. The molecule has 134 valence electrons. The zero-order chi connectivity index (χ0) is 18.7. The highest BCUT2D eigenvalue weighted by molar-refractivity contribution is 5.78. The lowest BCUT2D eigenvalue weighted by Gasteiger charge is -2.08. The first-order valence-corrected chi connectivity index (χ1v) is 8.89. The van der Waals surface area contributed by atoms with Crippen molar-refractivity contribution in [2.24, 2.45) is 0 Å². The van der Waals surface area contributed by atoms with Gasteiger partial charge in [0.15, 0.2) is 0 Å². The summed E-state index contributed by atoms with van der Waals surface area (Å²) in [5.41, 5.74) is 7.60. The van der Waals surface area contributed by atoms with Gasteiger partial charge >= 0.3 is 0 Å². The number of carbonyl (C=O) groups excluding carboxylic acids is 1. The van der Waals surface area contributed by atoms with E-state index in [9.17, 15) is 4.79 Å². The summed E-state index contributed by atoms with van der Waals surface area (Å²) in [6, 6.07) is 16.2. The molecule has 4 heteroatoms. The Labute approximate surface area is 154 Å². The number of nitrogens with one attached hydrogen (secondary N) is 1. The maximum absolute atomic E-state index is 12.3. The van der Waals surface area contributed by atoms with Crippen molar-refractivity contribution >= 4 is 5.91 Å². The van der Waals surface area contributed by atoms with Gasteiger partial charge < -0.3 is 5.32 Å². The predicted molar refractivity (Wildman–Crippen MR) is 105 cm³/mol. The van der Waals surface area contributed by atoms with Gasteiger partial charge in [0, 0.05) is 17.8 Å². The smallest absolute Gasteiger partial charge is 0.224 e. The molecule has 1 N–H and O–H groups in total. The van der Waals surface area contributed by atoms with Crippen molar-refractivity contribution in [3.05, 3.63) is 82.2 Å². The van der Waals surface area contributed by atoms with Crippen LogP contribution >= 0.6 is 0 Å². The summed E-state index contributed by atoms with van der Waals surface area (Å²) >= 11 is 0. The van der Waals surface area contributed by atoms with Crippen molar-refractivity contribution in [3.63, 3.8) is 0 Å². The molecule has 4 nitrogen and oxygen atoms in total. The maximum Gasteiger partial charge on any atom is 0.224 e. The van der Waals surface area contributed by atoms with Gasteiger partial charge in [-0.05, 0) is 56.5 Å². The molecule has 0 unspecified atom stereocenters. The molecule has 3 aromatic rings. The minimum atomic E-state index is 0.0273. The molecule has 0 aliphatic carbocycles. The number of amides is 1. The molecule has 3 rings (SSSR count). The number of nitrogens with zero attached hydrogens (tertiary/aromatic N) is 2. The van der Waals surface area contributed by atoms with Gasteiger partial charge in [0.25, 0.3) is 0 Å². The summed E-state index contributed by atoms with van der Waals surface area (Å²) in [7, 11) is 0. The van der Waals surface area contributed by atoms with Crippen LogP contribution in [0.4, 0.5) is 0 Å². The zero-order valence-electron chi connectivity index (χ0n) is 15.8. The maximum atomic E-state index is 12.3. The van der Waals surface area contributed by atoms with Crippen LogP contribution in [0.3, 0.4) is 0 Å². The van der Waals surface area contributed by atoms with Gasteiger partial charge in [0.2, 0.25) is 5.91 Å². The second-order valence-corrected chi connectivity index (χ2v) is 6.77. The molecule has 0 aliphatic heterocycles. The van der Waals surface area contributed by atoms with Crippen LogP contribution in [0.25, 0.3) is 5.69 Å². The predicted octanol–water partition coefficient (Wildman–Crippen LogP) is 3.96. The fraction of sp³-hybridized carbons (Fsp3) is 0.273. The minimum absolute atomic E-state index is 0.0273. The number of para-hydroxylation sites is 1. The Bertz CT molecular complexity index is 926. The third-order valence-electron chi connectivity index (χ3n) is 4.84. The Kier molecular flexibility index (Phi) is 5.21. The SMILES string of the molecule is Cc1ccc(CC(=O)NCc2c(C)nn(-c3ccccc3)c2C)cc1C. The lowest BCUT2D eigenvalue weighted by atomic mass is 10.0. The highest BCUT2D eigenvalue weighted by atomic mass is 16.1. The number of aromatic nitrogens is 2. The number of rotatable bonds is 5. The van der Waals surface area contributed by atoms with E-state index in [1.54, 1.807) is 0 Å². The third-order valence-corrected chi connectivity index (χ3v) is 4.84. The molecule has 1 amide bonds. The van der Waals surface area contributed by atoms with Crippen LogP contribution in [0, 0.1) is 27.7 Å². The van der Waals surface area contributed by atoms with Gasteiger partial charge in [-0.25, -0.2) is 4.68 Å². The second-order valence-electron chi connectivity index (χ2n) is 6.77. The van der Waals surface area contributed by atoms with E-state index in [-0.39, 0.29) is 5.91 Å². The van der Waals surface area contributed by atoms with Crippen LogP contribution < -0.4 is 5.32 Å². The van der Waals surface area contributed by atoms with Crippen molar-refractivity contribution in [3.8, 4) is 5.69 Å². The molecule has 0 saturated heterocycles. The summed E-state index contributed by atoms with van der Waals surface area (Å²) in [4.78, 5) is 12.3. The van der Waals surface area contributed by atoms with Gasteiger partial charge in [-0.15, -0.1) is 0 Å². The first kappa shape index (κ1) is 17.9. The quantitative estimate of drug-likeness (QED) is 0.759. The largest absolute Gasteiger partial charge is 0.352 e. The van der Waals surface area contributed by atoms with Crippen molar-refractivity contribution < 1.29 is 4.79 Å². The van der Waals surface area contributed by atoms with Crippen molar-refractivity contribution in [2.75, 3.05) is 0 Å². The summed E-state index contributed by atoms with van der Waals surface area (Å²) in [5, 5.41) is 7.66. The van der Waals surface area contributed by atoms with Crippen LogP contribution in [0.1, 0.15) is 33.6 Å². The third kappa shape index (κ3) is 3.85. The van der Waals surface area contributed by atoms with Crippen LogP contribution in [0.5, 0.6) is 0 Å². The van der Waals surface area contributed by atoms with Crippen molar-refractivity contribution in [2.45, 2.75) is 40.7 Å². The molecule has 1 aromatic heterocycles. The van der Waals surface area contributed by atoms with E-state index < -0.39 is 0 Å². The van der Waals surface area contributed by atoms with Crippen LogP contribution in [0.15, 0.2) is 48.5 Å². The lowest BCUT2D eigenvalue weighted by Crippen LogP contribution is -2.25. The highest BCUT2D eigenvalue weighted by Crippen LogP contribution is 2.18. The first-order valence-electron chi connectivity index (χ1n) is 8.89. The van der Waals surface area contributed by atoms with E-state index in [1.807, 2.05) is 54.9 Å². The molecule has 0 atom stereocenters. The van der Waals surface area contributed by atoms with E-state index in [1.165, 1.54) is 11.1 Å². The fourth-order valence-electron chi connectivity index (χ4n) is 3.10. The molecule has 2 aromatic carbocycles. The Balaban J connectivity index is 1.69. The van der Waals surface area contributed by atoms with E-state index in [2.05, 4.69) is 36.4 Å². The Morgan fingerprint density at radius 3 is 2.42 bits per heavy atom. The number of aryl methyl sites for hydroxylation is 3. The topological polar surface area (TPSA) is 46.9 Å². The average Bonchev–Trinajstić information content (AvgIpc) is 2.91. The number of hydrogen-bond acceptors (Lipinski definition) is 2. The summed E-state index contributed by atoms with van der Waals surface area (Å²) in [6.07, 6.45) is 0.395. The molecule has 0 bridgehead atoms. The van der Waals surface area contributed by atoms with Gasteiger partial charge in [0.1, 0.15) is 0 Å². The van der Waals surface area contributed by atoms with Gasteiger partial charge in [-0.2, -0.15) is 5.10 Å². The molecule has 1 heterocycles. The first-order chi connectivity index (χ1) is 12.5. The summed E-state index contributed by atoms with van der Waals surface area (Å²) < 4.78 is 1.93. The fourth-order valence-corrected chi connectivity index (χ4v) is 3.10. The number of hydrogen-bond donors (Lipinski definition) is 1. The Morgan fingerprint density at radius 2 is 1.73 bits per heavy atom. The normalized spacial score (nSPS) is 10.8. The van der Waals surface area contributed by atoms with Crippen LogP contribution in [0.2, 0.25) is 0 Å². The highest BCUT2D eigenvalue weighted by Gasteiger charge is 2.14. The average molecular weight is 347 g/mol. The number of carbonyl (C=O) groups is 1. The van der Waals surface area contributed by atoms with Gasteiger partial charge in [0.05, 0.1) is 17.8 Å². The van der Waals surface area contributed by atoms with Crippen LogP contribution in [-0.4, -0.2) is 15.7 Å². The zero-order valence-corrected chi connectivity index (χ0v) is 15.8. The van der Waals surface area contributed by atoms with Gasteiger partial charge in [-0.1, -0.05) is 36.4 Å². The molecule has 0 saturated carbocycles. The van der Waals surface area contributed by atoms with E-state index in [0.29, 0.717) is 13.0 Å². The van der Waals surface area contributed by atoms with E-state index >= 15 is 0 Å². The molecule has 0 fully saturated rings. The van der Waals surface area contributed by atoms with E-state index in [0.717, 1.165) is 28.2 Å². The Hall–Kier alpha value is -2.88. The molecule has 26 heavy (non-hydrogen) atoms. The number of benzene rings is 2. The van der Waals surface area contributed by atoms with E-state index in [4.69, 9.17) is 0 Å². The molecule has 0 radical (unpaired) electrons. The lowest BCUT2D eigenvalue weighted by molar-refractivity contribution is -0.120. The van der Waals surface area contributed by atoms with Crippen LogP contribution in [-0.2, 0) is 17.8 Å². The standard InChI is InChI=1S/C22H25N3O/c1-15-10-11-19(12-16(15)2)13-22(26)23-14-21-17(3)24-25(18(21)4)20-8-6-5-7-9-20/h5-12H,13-14H2,1-4H3,(H,23,26). The van der Waals surface area contributed by atoms with Crippen molar-refractivity contribution in [1.82, 2.24) is 15.1 Å². The summed E-state index contributed by atoms with van der Waals surface area (Å²) in [6.45, 7) is 8.67. The molecular formula is C22H25N3O. The molecule has 0 spiro atoms. The monoisotopic (exact) mass is 347 g/mol. The molecule has 0 aliphatic rings. The van der Waals surface area contributed by atoms with Crippen molar-refractivity contribution in [1.29, 1.82) is 0 Å². The summed E-state index contributed by atoms with van der Waals surface area (Å²) in [5.74, 6) is 0.0273. The second kappa shape index (κ2) is 7.56.